The first-order valence-electron chi connectivity index (χ1n) is 12.2. The van der Waals surface area contributed by atoms with E-state index in [1.807, 2.05) is 19.1 Å². The molecule has 0 spiro atoms. The average Bonchev–Trinajstić information content (AvgIpc) is 3.37. The van der Waals surface area contributed by atoms with E-state index in [9.17, 15) is 22.8 Å². The van der Waals surface area contributed by atoms with E-state index in [-0.39, 0.29) is 30.2 Å². The Balaban J connectivity index is 1.36. The second kappa shape index (κ2) is 13.9. The molecule has 0 radical (unpaired) electrons. The molecule has 2 amide bonds. The lowest BCUT2D eigenvalue weighted by atomic mass is 10.2. The van der Waals surface area contributed by atoms with Crippen molar-refractivity contribution in [3.63, 3.8) is 0 Å². The largest absolute Gasteiger partial charge is 0.573 e. The minimum atomic E-state index is -4.80. The molecule has 0 aliphatic carbocycles. The number of rotatable bonds is 13. The number of alkyl halides is 3. The summed E-state index contributed by atoms with van der Waals surface area (Å²) >= 11 is 0. The highest BCUT2D eigenvalue weighted by Crippen LogP contribution is 2.23. The van der Waals surface area contributed by atoms with Crippen LogP contribution in [0.4, 0.5) is 13.2 Å². The van der Waals surface area contributed by atoms with Gasteiger partial charge in [-0.3, -0.25) is 19.3 Å². The Bertz CT molecular complexity index is 1310. The molecule has 0 aliphatic heterocycles. The van der Waals surface area contributed by atoms with Gasteiger partial charge in [-0.15, -0.1) is 18.3 Å². The van der Waals surface area contributed by atoms with Gasteiger partial charge in [-0.25, -0.2) is 5.84 Å². The zero-order valence-corrected chi connectivity index (χ0v) is 21.7. The van der Waals surface area contributed by atoms with Gasteiger partial charge < -0.3 is 26.1 Å². The minimum absolute atomic E-state index is 0.0229. The molecule has 214 valence electrons. The molecule has 15 heteroatoms. The molecule has 0 saturated carbocycles. The second-order valence-electron chi connectivity index (χ2n) is 8.76. The lowest BCUT2D eigenvalue weighted by molar-refractivity contribution is -0.274. The summed E-state index contributed by atoms with van der Waals surface area (Å²) in [7, 11) is 0. The van der Waals surface area contributed by atoms with Crippen LogP contribution in [0, 0.1) is 6.92 Å². The molecule has 3 aromatic rings. The number of nitrogens with two attached hydrogens (primary N) is 2. The zero-order valence-electron chi connectivity index (χ0n) is 21.7. The van der Waals surface area contributed by atoms with Gasteiger partial charge in [-0.1, -0.05) is 23.4 Å². The summed E-state index contributed by atoms with van der Waals surface area (Å²) in [6, 6.07) is 9.01. The standard InChI is InChI=1S/C25H30F3N9O3/c1-17-7-8-19(13-31-17)14-32-23(38)21(29)15-36(30)9-2-3-10-37-16-22(34-35-37)24(39)33-12-18-5-4-6-20(11-18)40-25(26,27)28/h4-8,11,13,15-16H,2-3,9-10,12,14,29-30H2,1H3,(H,32,38)(H,33,39)/b21-15-. The van der Waals surface area contributed by atoms with E-state index >= 15 is 0 Å². The van der Waals surface area contributed by atoms with Crippen molar-refractivity contribution >= 4 is 11.8 Å². The van der Waals surface area contributed by atoms with Gasteiger partial charge in [0.15, 0.2) is 5.69 Å². The first kappa shape index (κ1) is 29.9. The summed E-state index contributed by atoms with van der Waals surface area (Å²) in [5, 5.41) is 14.3. The number of carbonyl (C=O) groups is 2. The summed E-state index contributed by atoms with van der Waals surface area (Å²) < 4.78 is 42.5. The molecule has 12 nitrogen and oxygen atoms in total. The molecular weight excluding hydrogens is 531 g/mol. The molecule has 2 heterocycles. The molecule has 0 saturated heterocycles. The smallest absolute Gasteiger partial charge is 0.406 e. The first-order chi connectivity index (χ1) is 19.0. The number of benzene rings is 1. The normalized spacial score (nSPS) is 11.7. The maximum Gasteiger partial charge on any atom is 0.573 e. The number of unbranched alkanes of at least 4 members (excludes halogenated alkanes) is 1. The SMILES string of the molecule is Cc1ccc(CNC(=O)/C(N)=C/N(N)CCCCn2cc(C(=O)NCc3cccc(OC(F)(F)F)c3)nn2)cn1. The number of hydrogen-bond donors (Lipinski definition) is 4. The summed E-state index contributed by atoms with van der Waals surface area (Å²) in [6.45, 7) is 3.00. The molecular formula is C25H30F3N9O3. The van der Waals surface area contributed by atoms with Crippen molar-refractivity contribution in [2.75, 3.05) is 6.54 Å². The molecule has 0 bridgehead atoms. The van der Waals surface area contributed by atoms with Crippen LogP contribution in [0.3, 0.4) is 0 Å². The Morgan fingerprint density at radius 2 is 1.90 bits per heavy atom. The van der Waals surface area contributed by atoms with Crippen LogP contribution in [-0.4, -0.2) is 49.7 Å². The third-order valence-corrected chi connectivity index (χ3v) is 5.40. The van der Waals surface area contributed by atoms with Crippen LogP contribution in [-0.2, 0) is 24.4 Å². The van der Waals surface area contributed by atoms with Gasteiger partial charge in [0, 0.05) is 44.3 Å². The fourth-order valence-electron chi connectivity index (χ4n) is 3.39. The summed E-state index contributed by atoms with van der Waals surface area (Å²) in [5.74, 6) is 4.56. The quantitative estimate of drug-likeness (QED) is 0.105. The Kier molecular flexibility index (Phi) is 10.4. The van der Waals surface area contributed by atoms with Crippen LogP contribution < -0.4 is 26.9 Å². The first-order valence-corrected chi connectivity index (χ1v) is 12.2. The van der Waals surface area contributed by atoms with Gasteiger partial charge in [-0.05, 0) is 49.1 Å². The number of amides is 2. The van der Waals surface area contributed by atoms with Crippen molar-refractivity contribution in [2.45, 2.75) is 45.8 Å². The number of aryl methyl sites for hydroxylation is 2. The highest BCUT2D eigenvalue weighted by Gasteiger charge is 2.31. The van der Waals surface area contributed by atoms with E-state index in [0.717, 1.165) is 11.3 Å². The van der Waals surface area contributed by atoms with Crippen molar-refractivity contribution < 1.29 is 27.5 Å². The Labute approximate surface area is 228 Å². The topological polar surface area (TPSA) is 166 Å². The van der Waals surface area contributed by atoms with Crippen molar-refractivity contribution in [3.05, 3.63) is 83.2 Å². The fraction of sp³-hybridized carbons (Fsp3) is 0.320. The van der Waals surface area contributed by atoms with Crippen LogP contribution >= 0.6 is 0 Å². The van der Waals surface area contributed by atoms with Crippen LogP contribution in [0.5, 0.6) is 5.75 Å². The third kappa shape index (κ3) is 10.2. The number of carbonyl (C=O) groups excluding carboxylic acids is 2. The predicted molar refractivity (Wildman–Crippen MR) is 138 cm³/mol. The molecule has 1 aromatic carbocycles. The van der Waals surface area contributed by atoms with Crippen LogP contribution in [0.1, 0.15) is 40.2 Å². The Morgan fingerprint density at radius 1 is 1.12 bits per heavy atom. The maximum absolute atomic E-state index is 12.4. The number of pyridine rings is 1. The minimum Gasteiger partial charge on any atom is -0.406 e. The van der Waals surface area contributed by atoms with Crippen molar-refractivity contribution in [2.24, 2.45) is 11.6 Å². The fourth-order valence-corrected chi connectivity index (χ4v) is 3.39. The van der Waals surface area contributed by atoms with Gasteiger partial charge >= 0.3 is 6.36 Å². The van der Waals surface area contributed by atoms with Gasteiger partial charge in [0.1, 0.15) is 11.4 Å². The molecule has 3 rings (SSSR count). The van der Waals surface area contributed by atoms with Crippen LogP contribution in [0.25, 0.3) is 0 Å². The number of halogens is 3. The molecule has 2 aromatic heterocycles. The van der Waals surface area contributed by atoms with E-state index < -0.39 is 18.2 Å². The van der Waals surface area contributed by atoms with E-state index in [1.54, 1.807) is 12.3 Å². The third-order valence-electron chi connectivity index (χ3n) is 5.40. The van der Waals surface area contributed by atoms with Crippen molar-refractivity contribution in [1.29, 1.82) is 0 Å². The molecule has 40 heavy (non-hydrogen) atoms. The number of nitrogens with one attached hydrogen (secondary N) is 2. The lowest BCUT2D eigenvalue weighted by Crippen LogP contribution is -2.33. The number of hydrogen-bond acceptors (Lipinski definition) is 9. The van der Waals surface area contributed by atoms with E-state index in [2.05, 4.69) is 30.7 Å². The number of hydrazine groups is 1. The van der Waals surface area contributed by atoms with E-state index in [4.69, 9.17) is 11.6 Å². The Morgan fingerprint density at radius 3 is 2.62 bits per heavy atom. The highest BCUT2D eigenvalue weighted by atomic mass is 19.4. The zero-order chi connectivity index (χ0) is 29.1. The van der Waals surface area contributed by atoms with Crippen molar-refractivity contribution in [3.8, 4) is 5.75 Å². The monoisotopic (exact) mass is 561 g/mol. The van der Waals surface area contributed by atoms with Gasteiger partial charge in [0.25, 0.3) is 11.8 Å². The molecule has 0 unspecified atom stereocenters. The van der Waals surface area contributed by atoms with Crippen molar-refractivity contribution in [1.82, 2.24) is 35.6 Å². The lowest BCUT2D eigenvalue weighted by Gasteiger charge is -2.14. The number of aromatic nitrogens is 4. The van der Waals surface area contributed by atoms with Crippen LogP contribution in [0.15, 0.2) is 60.7 Å². The molecule has 0 fully saturated rings. The summed E-state index contributed by atoms with van der Waals surface area (Å²) in [4.78, 5) is 28.7. The van der Waals surface area contributed by atoms with Crippen LogP contribution in [0.2, 0.25) is 0 Å². The second-order valence-corrected chi connectivity index (χ2v) is 8.76. The molecule has 0 aliphatic rings. The maximum atomic E-state index is 12.4. The van der Waals surface area contributed by atoms with Gasteiger partial charge in [0.2, 0.25) is 0 Å². The number of nitrogens with zero attached hydrogens (tertiary/aromatic N) is 5. The number of ether oxygens (including phenoxy) is 1. The van der Waals surface area contributed by atoms with Gasteiger partial charge in [0.05, 0.1) is 6.20 Å². The summed E-state index contributed by atoms with van der Waals surface area (Å²) in [6.07, 6.45) is 0.967. The highest BCUT2D eigenvalue weighted by molar-refractivity contribution is 5.92. The average molecular weight is 562 g/mol. The van der Waals surface area contributed by atoms with E-state index in [1.165, 1.54) is 40.3 Å². The molecule has 0 atom stereocenters. The predicted octanol–water partition coefficient (Wildman–Crippen LogP) is 1.88. The van der Waals surface area contributed by atoms with Gasteiger partial charge in [-0.2, -0.15) is 0 Å². The van der Waals surface area contributed by atoms with E-state index in [0.29, 0.717) is 31.5 Å². The summed E-state index contributed by atoms with van der Waals surface area (Å²) in [5.41, 5.74) is 8.00. The molecule has 6 N–H and O–H groups in total. The Hall–Kier alpha value is -4.66.